The van der Waals surface area contributed by atoms with Crippen LogP contribution in [0.15, 0.2) is 0 Å². The third-order valence-electron chi connectivity index (χ3n) is 3.26. The van der Waals surface area contributed by atoms with Crippen molar-refractivity contribution in [2.75, 3.05) is 55.1 Å². The van der Waals surface area contributed by atoms with E-state index in [1.54, 1.807) is 14.1 Å². The van der Waals surface area contributed by atoms with E-state index in [2.05, 4.69) is 48.1 Å². The number of nitrogens with zero attached hydrogens (tertiary/aromatic N) is 4. The lowest BCUT2D eigenvalue weighted by Crippen LogP contribution is -2.24. The van der Waals surface area contributed by atoms with Crippen molar-refractivity contribution in [3.05, 3.63) is 0 Å². The lowest BCUT2D eigenvalue weighted by molar-refractivity contribution is 0.105. The maximum atomic E-state index is 9.45. The molecule has 11 heteroatoms. The van der Waals surface area contributed by atoms with Crippen LogP contribution in [0.1, 0.15) is 13.3 Å². The van der Waals surface area contributed by atoms with E-state index in [1.165, 1.54) is 0 Å². The average molecular weight is 373 g/mol. The number of aromatic nitrogens is 4. The van der Waals surface area contributed by atoms with Crippen LogP contribution in [0, 0.1) is 0 Å². The van der Waals surface area contributed by atoms with Crippen molar-refractivity contribution < 1.29 is 10.2 Å². The zero-order chi connectivity index (χ0) is 17.5. The topological polar surface area (TPSA) is 140 Å². The van der Waals surface area contributed by atoms with Crippen LogP contribution in [0.3, 0.4) is 0 Å². The van der Waals surface area contributed by atoms with Gasteiger partial charge in [0.15, 0.2) is 11.6 Å². The molecule has 140 valence electrons. The van der Waals surface area contributed by atoms with E-state index in [4.69, 9.17) is 5.11 Å². The summed E-state index contributed by atoms with van der Waals surface area (Å²) < 4.78 is 0. The summed E-state index contributed by atoms with van der Waals surface area (Å²) in [7, 11) is 3.50. The van der Waals surface area contributed by atoms with Gasteiger partial charge in [0.2, 0.25) is 11.9 Å². The molecule has 0 aliphatic carbocycles. The van der Waals surface area contributed by atoms with Gasteiger partial charge in [-0.05, 0) is 6.42 Å². The Hall–Kier alpha value is -2.17. The molecule has 6 N–H and O–H groups in total. The Kier molecular flexibility index (Phi) is 8.32. The molecule has 0 bridgehead atoms. The average Bonchev–Trinajstić information content (AvgIpc) is 2.62. The van der Waals surface area contributed by atoms with E-state index < -0.39 is 6.10 Å². The number of hydrogen-bond donors (Lipinski definition) is 6. The summed E-state index contributed by atoms with van der Waals surface area (Å²) in [6.07, 6.45) is 0.0739. The molecule has 2 heterocycles. The first-order chi connectivity index (χ1) is 11.6. The number of anilines is 4. The molecular weight excluding hydrogens is 348 g/mol. The van der Waals surface area contributed by atoms with Crippen LogP contribution in [0.4, 0.5) is 23.5 Å². The Morgan fingerprint density at radius 3 is 1.88 bits per heavy atom. The van der Waals surface area contributed by atoms with Crippen LogP contribution in [0.2, 0.25) is 0 Å². The zero-order valence-electron chi connectivity index (χ0n) is 14.5. The maximum Gasteiger partial charge on any atom is 0.225 e. The molecule has 0 spiro atoms. The molecule has 10 nitrogen and oxygen atoms in total. The molecule has 0 aliphatic heterocycles. The second-order valence-electron chi connectivity index (χ2n) is 5.13. The lowest BCUT2D eigenvalue weighted by Gasteiger charge is -2.14. The number of fused-ring (bicyclic) bond motifs is 1. The minimum absolute atomic E-state index is 0. The minimum atomic E-state index is -0.886. The fourth-order valence-corrected chi connectivity index (χ4v) is 2.03. The molecule has 0 saturated heterocycles. The fraction of sp³-hybridized carbons (Fsp3) is 0.571. The SMILES string of the molecule is CCCNc1nc(NC)c2nc(NCC(O)CO)nc(NC)c2n1.Cl. The molecule has 1 atom stereocenters. The molecule has 25 heavy (non-hydrogen) atoms. The predicted octanol–water partition coefficient (Wildman–Crippen LogP) is 0.512. The Balaban J connectivity index is 0.00000312. The predicted molar refractivity (Wildman–Crippen MR) is 102 cm³/mol. The molecule has 1 unspecified atom stereocenters. The molecule has 0 amide bonds. The van der Waals surface area contributed by atoms with Gasteiger partial charge >= 0.3 is 0 Å². The van der Waals surface area contributed by atoms with Crippen molar-refractivity contribution in [2.45, 2.75) is 19.4 Å². The lowest BCUT2D eigenvalue weighted by atomic mass is 10.3. The van der Waals surface area contributed by atoms with Crippen molar-refractivity contribution in [1.29, 1.82) is 0 Å². The minimum Gasteiger partial charge on any atom is -0.394 e. The fourth-order valence-electron chi connectivity index (χ4n) is 2.03. The highest BCUT2D eigenvalue weighted by Crippen LogP contribution is 2.26. The number of nitrogens with one attached hydrogen (secondary N) is 4. The quantitative estimate of drug-likeness (QED) is 0.369. The largest absolute Gasteiger partial charge is 0.394 e. The highest BCUT2D eigenvalue weighted by atomic mass is 35.5. The van der Waals surface area contributed by atoms with E-state index in [-0.39, 0.29) is 25.6 Å². The van der Waals surface area contributed by atoms with Crippen LogP contribution >= 0.6 is 12.4 Å². The van der Waals surface area contributed by atoms with E-state index in [0.29, 0.717) is 34.6 Å². The zero-order valence-corrected chi connectivity index (χ0v) is 15.3. The molecule has 0 saturated carbocycles. The van der Waals surface area contributed by atoms with Crippen LogP contribution in [0.25, 0.3) is 11.0 Å². The van der Waals surface area contributed by atoms with Gasteiger partial charge in [0.1, 0.15) is 11.0 Å². The van der Waals surface area contributed by atoms with E-state index >= 15 is 0 Å². The molecule has 0 radical (unpaired) electrons. The van der Waals surface area contributed by atoms with Crippen LogP contribution < -0.4 is 21.3 Å². The second kappa shape index (κ2) is 9.97. The number of hydrogen-bond acceptors (Lipinski definition) is 10. The van der Waals surface area contributed by atoms with Gasteiger partial charge in [-0.3, -0.25) is 0 Å². The summed E-state index contributed by atoms with van der Waals surface area (Å²) in [6.45, 7) is 2.63. The van der Waals surface area contributed by atoms with E-state index in [1.807, 2.05) is 0 Å². The second-order valence-corrected chi connectivity index (χ2v) is 5.13. The number of halogens is 1. The van der Waals surface area contributed by atoms with Gasteiger partial charge < -0.3 is 31.5 Å². The van der Waals surface area contributed by atoms with E-state index in [9.17, 15) is 5.11 Å². The molecular formula is C14H25ClN8O2. The van der Waals surface area contributed by atoms with Gasteiger partial charge in [0.25, 0.3) is 0 Å². The number of rotatable bonds is 9. The highest BCUT2D eigenvalue weighted by molar-refractivity contribution is 5.94. The normalized spacial score (nSPS) is 11.6. The Morgan fingerprint density at radius 2 is 1.44 bits per heavy atom. The standard InChI is InChI=1S/C14H24N8O2.ClH/c1-4-5-17-13-19-9-10(11(15-2)21-13)20-14(22-12(9)16-3)18-6-8(24)7-23;/h8,23-24H,4-7H2,1-3H3,(H2,15,17,19,21)(H2,16,18,20,22);1H. The van der Waals surface area contributed by atoms with Crippen molar-refractivity contribution in [2.24, 2.45) is 0 Å². The van der Waals surface area contributed by atoms with Gasteiger partial charge in [0.05, 0.1) is 12.7 Å². The van der Waals surface area contributed by atoms with Gasteiger partial charge in [-0.25, -0.2) is 9.97 Å². The third-order valence-corrected chi connectivity index (χ3v) is 3.26. The van der Waals surface area contributed by atoms with Crippen LogP contribution in [-0.2, 0) is 0 Å². The Bertz CT molecular complexity index is 687. The number of aliphatic hydroxyl groups is 2. The Labute approximate surface area is 152 Å². The van der Waals surface area contributed by atoms with Gasteiger partial charge in [-0.2, -0.15) is 9.97 Å². The summed E-state index contributed by atoms with van der Waals surface area (Å²) in [6, 6.07) is 0. The first-order valence-electron chi connectivity index (χ1n) is 7.84. The van der Waals surface area contributed by atoms with Gasteiger partial charge in [0, 0.05) is 27.2 Å². The molecule has 2 rings (SSSR count). The van der Waals surface area contributed by atoms with Crippen molar-refractivity contribution >= 4 is 47.0 Å². The number of aliphatic hydroxyl groups excluding tert-OH is 2. The van der Waals surface area contributed by atoms with Crippen LogP contribution in [-0.4, -0.2) is 70.0 Å². The van der Waals surface area contributed by atoms with Crippen molar-refractivity contribution in [3.8, 4) is 0 Å². The first-order valence-corrected chi connectivity index (χ1v) is 7.84. The summed E-state index contributed by atoms with van der Waals surface area (Å²) in [5, 5.41) is 30.4. The van der Waals surface area contributed by atoms with Crippen molar-refractivity contribution in [3.63, 3.8) is 0 Å². The smallest absolute Gasteiger partial charge is 0.225 e. The van der Waals surface area contributed by atoms with Gasteiger partial charge in [-0.15, -0.1) is 12.4 Å². The molecule has 2 aromatic rings. The summed E-state index contributed by atoms with van der Waals surface area (Å²) in [5.74, 6) is 1.93. The summed E-state index contributed by atoms with van der Waals surface area (Å²) in [5.41, 5.74) is 1.14. The highest BCUT2D eigenvalue weighted by Gasteiger charge is 2.15. The molecule has 2 aromatic heterocycles. The molecule has 0 aromatic carbocycles. The summed E-state index contributed by atoms with van der Waals surface area (Å²) in [4.78, 5) is 17.7. The van der Waals surface area contributed by atoms with Crippen LogP contribution in [0.5, 0.6) is 0 Å². The van der Waals surface area contributed by atoms with Crippen molar-refractivity contribution in [1.82, 2.24) is 19.9 Å². The first kappa shape index (κ1) is 20.9. The maximum absolute atomic E-state index is 9.45. The Morgan fingerprint density at radius 1 is 0.920 bits per heavy atom. The summed E-state index contributed by atoms with van der Waals surface area (Å²) >= 11 is 0. The molecule has 0 fully saturated rings. The third kappa shape index (κ3) is 5.15. The monoisotopic (exact) mass is 372 g/mol. The van der Waals surface area contributed by atoms with E-state index in [0.717, 1.165) is 13.0 Å². The molecule has 0 aliphatic rings. The van der Waals surface area contributed by atoms with Gasteiger partial charge in [-0.1, -0.05) is 6.92 Å².